The van der Waals surface area contributed by atoms with E-state index >= 15 is 0 Å². The van der Waals surface area contributed by atoms with Gasteiger partial charge in [0.2, 0.25) is 11.5 Å². The smallest absolute Gasteiger partial charge is 0.250 e. The van der Waals surface area contributed by atoms with Gasteiger partial charge in [-0.3, -0.25) is 9.59 Å². The van der Waals surface area contributed by atoms with E-state index in [9.17, 15) is 14.0 Å². The summed E-state index contributed by atoms with van der Waals surface area (Å²) in [6.45, 7) is 1.91. The van der Waals surface area contributed by atoms with E-state index in [1.54, 1.807) is 31.4 Å². The summed E-state index contributed by atoms with van der Waals surface area (Å²) in [5.41, 5.74) is 1.35. The molecule has 1 aromatic heterocycles. The molecule has 0 bridgehead atoms. The van der Waals surface area contributed by atoms with Gasteiger partial charge in [-0.05, 0) is 29.7 Å². The Morgan fingerprint density at radius 2 is 1.90 bits per heavy atom. The molecule has 1 N–H and O–H groups in total. The van der Waals surface area contributed by atoms with E-state index in [1.165, 1.54) is 22.8 Å². The number of nitrogens with one attached hydrogen (secondary N) is 1. The van der Waals surface area contributed by atoms with Crippen LogP contribution >= 0.6 is 0 Å². The van der Waals surface area contributed by atoms with Crippen molar-refractivity contribution in [3.63, 3.8) is 0 Å². The van der Waals surface area contributed by atoms with Crippen LogP contribution in [0.3, 0.4) is 0 Å². The molecule has 1 atom stereocenters. The summed E-state index contributed by atoms with van der Waals surface area (Å²) in [4.78, 5) is 23.3. The zero-order valence-corrected chi connectivity index (χ0v) is 12.0. The highest BCUT2D eigenvalue weighted by Crippen LogP contribution is 2.20. The lowest BCUT2D eigenvalue weighted by Crippen LogP contribution is -2.18. The predicted octanol–water partition coefficient (Wildman–Crippen LogP) is 2.66. The van der Waals surface area contributed by atoms with Crippen molar-refractivity contribution in [3.05, 3.63) is 64.3 Å². The van der Waals surface area contributed by atoms with Crippen molar-refractivity contribution < 1.29 is 9.18 Å². The van der Waals surface area contributed by atoms with Gasteiger partial charge in [-0.1, -0.05) is 19.1 Å². The van der Waals surface area contributed by atoms with Gasteiger partial charge in [0.05, 0.1) is 5.69 Å². The number of hydrogen-bond donors (Lipinski definition) is 1. The summed E-state index contributed by atoms with van der Waals surface area (Å²) < 4.78 is 14.3. The topological polar surface area (TPSA) is 51.1 Å². The molecule has 110 valence electrons. The highest BCUT2D eigenvalue weighted by Gasteiger charge is 2.12. The second kappa shape index (κ2) is 6.35. The van der Waals surface area contributed by atoms with Gasteiger partial charge in [0.1, 0.15) is 5.82 Å². The number of rotatable bonds is 4. The lowest BCUT2D eigenvalue weighted by molar-refractivity contribution is -0.116. The molecule has 0 saturated carbocycles. The molecule has 1 heterocycles. The molecule has 21 heavy (non-hydrogen) atoms. The molecule has 0 fully saturated rings. The molecular weight excluding hydrogens is 271 g/mol. The molecule has 0 aliphatic carbocycles. The summed E-state index contributed by atoms with van der Waals surface area (Å²) in [5.74, 6) is -0.454. The minimum atomic E-state index is -0.291. The molecular formula is C16H17FN2O2. The normalized spacial score (nSPS) is 12.0. The van der Waals surface area contributed by atoms with Crippen LogP contribution in [0.2, 0.25) is 0 Å². The minimum absolute atomic E-state index is 0.0156. The minimum Gasteiger partial charge on any atom is -0.325 e. The zero-order valence-electron chi connectivity index (χ0n) is 12.0. The van der Waals surface area contributed by atoms with Crippen molar-refractivity contribution in [2.24, 2.45) is 7.05 Å². The van der Waals surface area contributed by atoms with Crippen LogP contribution in [0.5, 0.6) is 0 Å². The molecule has 1 amide bonds. The quantitative estimate of drug-likeness (QED) is 0.940. The van der Waals surface area contributed by atoms with Crippen LogP contribution in [0.15, 0.2) is 47.4 Å². The van der Waals surface area contributed by atoms with Gasteiger partial charge >= 0.3 is 0 Å². The van der Waals surface area contributed by atoms with Crippen molar-refractivity contribution >= 4 is 11.6 Å². The monoisotopic (exact) mass is 288 g/mol. The SMILES string of the molecule is C[C@H](CC(=O)Nc1ccc(=O)n(C)c1)c1ccc(F)cc1. The number of carbonyl (C=O) groups is 1. The first kappa shape index (κ1) is 15.0. The highest BCUT2D eigenvalue weighted by molar-refractivity contribution is 5.91. The average molecular weight is 288 g/mol. The summed E-state index contributed by atoms with van der Waals surface area (Å²) in [5, 5.41) is 2.75. The summed E-state index contributed by atoms with van der Waals surface area (Å²) in [6, 6.07) is 9.11. The Morgan fingerprint density at radius 3 is 2.52 bits per heavy atom. The summed E-state index contributed by atoms with van der Waals surface area (Å²) in [6.07, 6.45) is 1.86. The van der Waals surface area contributed by atoms with E-state index in [0.717, 1.165) is 5.56 Å². The molecule has 0 unspecified atom stereocenters. The van der Waals surface area contributed by atoms with Crippen molar-refractivity contribution in [2.75, 3.05) is 5.32 Å². The predicted molar refractivity (Wildman–Crippen MR) is 79.7 cm³/mol. The number of benzene rings is 1. The fraction of sp³-hybridized carbons (Fsp3) is 0.250. The number of anilines is 1. The Labute approximate surface area is 122 Å². The first-order valence-electron chi connectivity index (χ1n) is 6.67. The lowest BCUT2D eigenvalue weighted by Gasteiger charge is -2.12. The third-order valence-electron chi connectivity index (χ3n) is 3.30. The maximum absolute atomic E-state index is 12.9. The van der Waals surface area contributed by atoms with Gasteiger partial charge in [0.15, 0.2) is 0 Å². The fourth-order valence-electron chi connectivity index (χ4n) is 2.07. The lowest BCUT2D eigenvalue weighted by atomic mass is 9.97. The molecule has 0 spiro atoms. The van der Waals surface area contributed by atoms with Crippen molar-refractivity contribution in [1.29, 1.82) is 0 Å². The standard InChI is InChI=1S/C16H17FN2O2/c1-11(12-3-5-13(17)6-4-12)9-15(20)18-14-7-8-16(21)19(2)10-14/h3-8,10-11H,9H2,1-2H3,(H,18,20)/t11-/m1/s1. The molecule has 0 aliphatic heterocycles. The highest BCUT2D eigenvalue weighted by atomic mass is 19.1. The number of amides is 1. The van der Waals surface area contributed by atoms with Gasteiger partial charge in [-0.2, -0.15) is 0 Å². The number of carbonyl (C=O) groups excluding carboxylic acids is 1. The van der Waals surface area contributed by atoms with Crippen LogP contribution < -0.4 is 10.9 Å². The number of pyridine rings is 1. The maximum atomic E-state index is 12.9. The van der Waals surface area contributed by atoms with E-state index in [0.29, 0.717) is 5.69 Å². The van der Waals surface area contributed by atoms with Crippen LogP contribution in [0.25, 0.3) is 0 Å². The number of hydrogen-bond acceptors (Lipinski definition) is 2. The molecule has 0 saturated heterocycles. The largest absolute Gasteiger partial charge is 0.325 e. The third-order valence-corrected chi connectivity index (χ3v) is 3.30. The van der Waals surface area contributed by atoms with Crippen LogP contribution in [-0.2, 0) is 11.8 Å². The Balaban J connectivity index is 1.99. The van der Waals surface area contributed by atoms with Gasteiger partial charge < -0.3 is 9.88 Å². The second-order valence-corrected chi connectivity index (χ2v) is 5.07. The molecule has 1 aromatic carbocycles. The van der Waals surface area contributed by atoms with Gasteiger partial charge in [-0.25, -0.2) is 4.39 Å². The van der Waals surface area contributed by atoms with E-state index in [2.05, 4.69) is 5.32 Å². The van der Waals surface area contributed by atoms with Crippen molar-refractivity contribution in [3.8, 4) is 0 Å². The molecule has 2 aromatic rings. The molecule has 5 heteroatoms. The zero-order chi connectivity index (χ0) is 15.4. The maximum Gasteiger partial charge on any atom is 0.250 e. The van der Waals surface area contributed by atoms with Crippen LogP contribution in [0.4, 0.5) is 10.1 Å². The first-order chi connectivity index (χ1) is 9.95. The average Bonchev–Trinajstić information content (AvgIpc) is 2.43. The van der Waals surface area contributed by atoms with E-state index in [4.69, 9.17) is 0 Å². The van der Waals surface area contributed by atoms with E-state index in [1.807, 2.05) is 6.92 Å². The van der Waals surface area contributed by atoms with Crippen LogP contribution in [-0.4, -0.2) is 10.5 Å². The number of aromatic nitrogens is 1. The van der Waals surface area contributed by atoms with Crippen molar-refractivity contribution in [2.45, 2.75) is 19.3 Å². The fourth-order valence-corrected chi connectivity index (χ4v) is 2.07. The Morgan fingerprint density at radius 1 is 1.24 bits per heavy atom. The molecule has 0 radical (unpaired) electrons. The van der Waals surface area contributed by atoms with E-state index in [-0.39, 0.29) is 29.6 Å². The summed E-state index contributed by atoms with van der Waals surface area (Å²) >= 11 is 0. The Hall–Kier alpha value is -2.43. The van der Waals surface area contributed by atoms with Gasteiger partial charge in [-0.15, -0.1) is 0 Å². The number of halogens is 1. The van der Waals surface area contributed by atoms with Crippen LogP contribution in [0.1, 0.15) is 24.8 Å². The Kier molecular flexibility index (Phi) is 4.52. The van der Waals surface area contributed by atoms with Gasteiger partial charge in [0.25, 0.3) is 0 Å². The van der Waals surface area contributed by atoms with Crippen molar-refractivity contribution in [1.82, 2.24) is 4.57 Å². The first-order valence-corrected chi connectivity index (χ1v) is 6.67. The summed E-state index contributed by atoms with van der Waals surface area (Å²) in [7, 11) is 1.62. The van der Waals surface area contributed by atoms with E-state index < -0.39 is 0 Å². The Bertz CT molecular complexity index is 692. The number of nitrogens with zero attached hydrogens (tertiary/aromatic N) is 1. The van der Waals surface area contributed by atoms with Gasteiger partial charge in [0, 0.05) is 25.7 Å². The van der Waals surface area contributed by atoms with Crippen LogP contribution in [0, 0.1) is 5.82 Å². The molecule has 4 nitrogen and oxygen atoms in total. The second-order valence-electron chi connectivity index (χ2n) is 5.07. The number of aryl methyl sites for hydroxylation is 1. The molecule has 2 rings (SSSR count). The third kappa shape index (κ3) is 4.02. The molecule has 0 aliphatic rings.